The molecule has 1 aliphatic heterocycles. The van der Waals surface area contributed by atoms with E-state index in [-0.39, 0.29) is 17.9 Å². The first-order chi connectivity index (χ1) is 11.8. The molecule has 25 heavy (non-hydrogen) atoms. The summed E-state index contributed by atoms with van der Waals surface area (Å²) in [7, 11) is -0.0626. The van der Waals surface area contributed by atoms with Crippen LogP contribution in [-0.2, 0) is 30.6 Å². The summed E-state index contributed by atoms with van der Waals surface area (Å²) in [4.78, 5) is 23.6. The molecule has 138 valence electrons. The quantitative estimate of drug-likeness (QED) is 0.677. The molecule has 0 saturated carbocycles. The Kier molecular flexibility index (Phi) is 6.24. The molecule has 1 aliphatic rings. The number of carbonyl (C=O) groups excluding carboxylic acids is 2. The lowest BCUT2D eigenvalue weighted by atomic mass is 10.1. The Balaban J connectivity index is 1.79. The molecule has 0 aromatic heterocycles. The number of hydrogen-bond acceptors (Lipinski definition) is 7. The Morgan fingerprint density at radius 2 is 1.92 bits per heavy atom. The van der Waals surface area contributed by atoms with Crippen molar-refractivity contribution >= 4 is 21.7 Å². The molecule has 0 aliphatic carbocycles. The minimum absolute atomic E-state index is 0.0224. The van der Waals surface area contributed by atoms with Gasteiger partial charge in [-0.25, -0.2) is 8.42 Å². The minimum Gasteiger partial charge on any atom is -0.493 e. The van der Waals surface area contributed by atoms with Crippen LogP contribution in [0.1, 0.15) is 12.0 Å². The maximum atomic E-state index is 11.8. The zero-order valence-corrected chi connectivity index (χ0v) is 14.9. The van der Waals surface area contributed by atoms with Gasteiger partial charge in [0.25, 0.3) is 5.91 Å². The number of rotatable bonds is 7. The van der Waals surface area contributed by atoms with Crippen LogP contribution >= 0.6 is 0 Å². The van der Waals surface area contributed by atoms with Crippen molar-refractivity contribution in [2.45, 2.75) is 18.9 Å². The standard InChI is InChI=1S/C16H21NO7S/c1-22-13-4-3-11(7-14(13)23-2)8-16(19)24-9-15(18)17-12-5-6-25(20,21)10-12/h3-4,7,12H,5-6,8-10H2,1-2H3,(H,17,18)/t12-/m1/s1. The second-order valence-electron chi connectivity index (χ2n) is 5.69. The normalized spacial score (nSPS) is 18.4. The van der Waals surface area contributed by atoms with Crippen molar-refractivity contribution in [2.75, 3.05) is 32.3 Å². The zero-order chi connectivity index (χ0) is 18.4. The Morgan fingerprint density at radius 1 is 1.20 bits per heavy atom. The average molecular weight is 371 g/mol. The third-order valence-corrected chi connectivity index (χ3v) is 5.53. The van der Waals surface area contributed by atoms with Crippen LogP contribution < -0.4 is 14.8 Å². The fourth-order valence-corrected chi connectivity index (χ4v) is 4.21. The van der Waals surface area contributed by atoms with Crippen LogP contribution in [0.4, 0.5) is 0 Å². The summed E-state index contributed by atoms with van der Waals surface area (Å²) >= 11 is 0. The lowest BCUT2D eigenvalue weighted by Crippen LogP contribution is -2.38. The maximum absolute atomic E-state index is 11.8. The summed E-state index contributed by atoms with van der Waals surface area (Å²) in [6.07, 6.45) is 0.360. The second kappa shape index (κ2) is 8.19. The van der Waals surface area contributed by atoms with Crippen LogP contribution in [-0.4, -0.2) is 58.7 Å². The molecule has 2 rings (SSSR count). The molecule has 1 amide bonds. The molecule has 1 aromatic rings. The maximum Gasteiger partial charge on any atom is 0.310 e. The van der Waals surface area contributed by atoms with E-state index in [1.807, 2.05) is 0 Å². The van der Waals surface area contributed by atoms with E-state index < -0.39 is 34.4 Å². The Labute approximate surface area is 146 Å². The van der Waals surface area contributed by atoms with Crippen molar-refractivity contribution in [3.63, 3.8) is 0 Å². The molecule has 0 unspecified atom stereocenters. The van der Waals surface area contributed by atoms with Crippen LogP contribution in [0.2, 0.25) is 0 Å². The molecule has 0 radical (unpaired) electrons. The highest BCUT2D eigenvalue weighted by atomic mass is 32.2. The van der Waals surface area contributed by atoms with E-state index in [1.165, 1.54) is 14.2 Å². The largest absolute Gasteiger partial charge is 0.493 e. The number of methoxy groups -OCH3 is 2. The molecular formula is C16H21NO7S. The minimum atomic E-state index is -3.07. The first-order valence-electron chi connectivity index (χ1n) is 7.69. The highest BCUT2D eigenvalue weighted by molar-refractivity contribution is 7.91. The van der Waals surface area contributed by atoms with Gasteiger partial charge in [-0.15, -0.1) is 0 Å². The Morgan fingerprint density at radius 3 is 2.52 bits per heavy atom. The fraction of sp³-hybridized carbons (Fsp3) is 0.500. The van der Waals surface area contributed by atoms with Gasteiger partial charge in [-0.3, -0.25) is 9.59 Å². The molecule has 1 atom stereocenters. The van der Waals surface area contributed by atoms with Crippen LogP contribution in [0.25, 0.3) is 0 Å². The highest BCUT2D eigenvalue weighted by Gasteiger charge is 2.29. The number of esters is 1. The molecule has 1 aromatic carbocycles. The van der Waals surface area contributed by atoms with Crippen LogP contribution in [0.15, 0.2) is 18.2 Å². The van der Waals surface area contributed by atoms with Crippen molar-refractivity contribution < 1.29 is 32.2 Å². The molecular weight excluding hydrogens is 350 g/mol. The predicted molar refractivity (Wildman–Crippen MR) is 89.4 cm³/mol. The van der Waals surface area contributed by atoms with Gasteiger partial charge in [-0.2, -0.15) is 0 Å². The molecule has 8 nitrogen and oxygen atoms in total. The van der Waals surface area contributed by atoms with Gasteiger partial charge in [0.2, 0.25) is 0 Å². The summed E-state index contributed by atoms with van der Waals surface area (Å²) in [5.74, 6) is -0.0438. The first-order valence-corrected chi connectivity index (χ1v) is 9.51. The molecule has 1 fully saturated rings. The third-order valence-electron chi connectivity index (χ3n) is 3.76. The van der Waals surface area contributed by atoms with Crippen LogP contribution in [0.3, 0.4) is 0 Å². The van der Waals surface area contributed by atoms with E-state index >= 15 is 0 Å². The van der Waals surface area contributed by atoms with Crippen molar-refractivity contribution in [3.8, 4) is 11.5 Å². The van der Waals surface area contributed by atoms with E-state index in [9.17, 15) is 18.0 Å². The number of amides is 1. The smallest absolute Gasteiger partial charge is 0.310 e. The van der Waals surface area contributed by atoms with E-state index in [2.05, 4.69) is 5.32 Å². The van der Waals surface area contributed by atoms with E-state index in [1.54, 1.807) is 18.2 Å². The van der Waals surface area contributed by atoms with Gasteiger partial charge in [0.1, 0.15) is 0 Å². The van der Waals surface area contributed by atoms with Gasteiger partial charge in [-0.05, 0) is 24.1 Å². The van der Waals surface area contributed by atoms with Crippen molar-refractivity contribution in [1.29, 1.82) is 0 Å². The summed E-state index contributed by atoms with van der Waals surface area (Å²) in [6.45, 7) is -0.442. The van der Waals surface area contributed by atoms with Crippen molar-refractivity contribution in [1.82, 2.24) is 5.32 Å². The number of benzene rings is 1. The van der Waals surface area contributed by atoms with Crippen molar-refractivity contribution in [2.24, 2.45) is 0 Å². The summed E-state index contributed by atoms with van der Waals surface area (Å²) in [6, 6.07) is 4.62. The monoisotopic (exact) mass is 371 g/mol. The van der Waals surface area contributed by atoms with Gasteiger partial charge < -0.3 is 19.5 Å². The van der Waals surface area contributed by atoms with Gasteiger partial charge >= 0.3 is 5.97 Å². The van der Waals surface area contributed by atoms with Gasteiger partial charge in [-0.1, -0.05) is 6.07 Å². The van der Waals surface area contributed by atoms with Gasteiger partial charge in [0.15, 0.2) is 27.9 Å². The topological polar surface area (TPSA) is 108 Å². The number of sulfone groups is 1. The first kappa shape index (κ1) is 19.0. The van der Waals surface area contributed by atoms with Crippen molar-refractivity contribution in [3.05, 3.63) is 23.8 Å². The second-order valence-corrected chi connectivity index (χ2v) is 7.92. The predicted octanol–water partition coefficient (Wildman–Crippen LogP) is 0.0928. The lowest BCUT2D eigenvalue weighted by molar-refractivity contribution is -0.148. The SMILES string of the molecule is COc1ccc(CC(=O)OCC(=O)N[C@@H]2CCS(=O)(=O)C2)cc1OC. The molecule has 0 bridgehead atoms. The van der Waals surface area contributed by atoms with E-state index in [0.717, 1.165) is 0 Å². The molecule has 9 heteroatoms. The van der Waals surface area contributed by atoms with Gasteiger partial charge in [0.05, 0.1) is 32.1 Å². The lowest BCUT2D eigenvalue weighted by Gasteiger charge is -2.11. The molecule has 1 N–H and O–H groups in total. The average Bonchev–Trinajstić information content (AvgIpc) is 2.91. The van der Waals surface area contributed by atoms with E-state index in [4.69, 9.17) is 14.2 Å². The number of hydrogen-bond donors (Lipinski definition) is 1. The van der Waals surface area contributed by atoms with Crippen LogP contribution in [0.5, 0.6) is 11.5 Å². The summed E-state index contributed by atoms with van der Waals surface area (Å²) in [5, 5.41) is 2.56. The molecule has 1 saturated heterocycles. The number of ether oxygens (including phenoxy) is 3. The zero-order valence-electron chi connectivity index (χ0n) is 14.1. The van der Waals surface area contributed by atoms with Gasteiger partial charge in [0, 0.05) is 6.04 Å². The Hall–Kier alpha value is -2.29. The van der Waals surface area contributed by atoms with E-state index in [0.29, 0.717) is 23.5 Å². The summed E-state index contributed by atoms with van der Waals surface area (Å²) < 4.78 is 37.9. The molecule has 1 heterocycles. The Bertz CT molecular complexity index is 745. The van der Waals surface area contributed by atoms with Crippen LogP contribution in [0, 0.1) is 0 Å². The fourth-order valence-electron chi connectivity index (χ4n) is 2.53. The summed E-state index contributed by atoms with van der Waals surface area (Å²) in [5.41, 5.74) is 0.657. The highest BCUT2D eigenvalue weighted by Crippen LogP contribution is 2.27. The number of nitrogens with one attached hydrogen (secondary N) is 1. The number of carbonyl (C=O) groups is 2. The molecule has 0 spiro atoms. The third kappa shape index (κ3) is 5.63.